The first-order valence-electron chi connectivity index (χ1n) is 6.59. The van der Waals surface area contributed by atoms with Gasteiger partial charge in [-0.25, -0.2) is 4.39 Å². The number of rotatable bonds is 3. The summed E-state index contributed by atoms with van der Waals surface area (Å²) in [5, 5.41) is 3.29. The predicted octanol–water partition coefficient (Wildman–Crippen LogP) is 2.80. The van der Waals surface area contributed by atoms with E-state index < -0.39 is 0 Å². The molecule has 0 aliphatic carbocycles. The summed E-state index contributed by atoms with van der Waals surface area (Å²) < 4.78 is 14.0. The Labute approximate surface area is 121 Å². The maximum Gasteiger partial charge on any atom is 0.254 e. The monoisotopic (exact) mass is 328 g/mol. The number of halogens is 2. The molecule has 1 aromatic carbocycles. The fourth-order valence-electron chi connectivity index (χ4n) is 2.53. The first kappa shape index (κ1) is 14.5. The van der Waals surface area contributed by atoms with Crippen molar-refractivity contribution in [3.8, 4) is 0 Å². The van der Waals surface area contributed by atoms with Gasteiger partial charge in [-0.2, -0.15) is 0 Å². The average molecular weight is 329 g/mol. The highest BCUT2D eigenvalue weighted by Gasteiger charge is 2.25. The third kappa shape index (κ3) is 3.54. The van der Waals surface area contributed by atoms with Crippen molar-refractivity contribution in [2.45, 2.75) is 25.8 Å². The van der Waals surface area contributed by atoms with Crippen molar-refractivity contribution < 1.29 is 9.18 Å². The fraction of sp³-hybridized carbons (Fsp3) is 0.500. The third-order valence-corrected chi connectivity index (χ3v) is 3.92. The van der Waals surface area contributed by atoms with Crippen LogP contribution in [0.15, 0.2) is 22.7 Å². The zero-order valence-corrected chi connectivity index (χ0v) is 12.5. The molecule has 1 amide bonds. The van der Waals surface area contributed by atoms with Crippen molar-refractivity contribution in [3.63, 3.8) is 0 Å². The van der Waals surface area contributed by atoms with Crippen molar-refractivity contribution in [2.75, 3.05) is 19.6 Å². The molecule has 0 aromatic heterocycles. The normalized spacial score (nSPS) is 16.4. The van der Waals surface area contributed by atoms with Crippen LogP contribution in [0, 0.1) is 5.82 Å². The van der Waals surface area contributed by atoms with Crippen LogP contribution in [-0.2, 0) is 0 Å². The number of hydrogen-bond acceptors (Lipinski definition) is 2. The van der Waals surface area contributed by atoms with E-state index in [9.17, 15) is 9.18 Å². The number of benzene rings is 1. The van der Waals surface area contributed by atoms with Crippen LogP contribution in [0.4, 0.5) is 4.39 Å². The van der Waals surface area contributed by atoms with E-state index in [2.05, 4.69) is 21.2 Å². The van der Waals surface area contributed by atoms with Crippen molar-refractivity contribution in [3.05, 3.63) is 34.1 Å². The van der Waals surface area contributed by atoms with Gasteiger partial charge in [-0.3, -0.25) is 4.79 Å². The molecule has 1 saturated heterocycles. The fourth-order valence-corrected chi connectivity index (χ4v) is 2.99. The van der Waals surface area contributed by atoms with E-state index in [-0.39, 0.29) is 17.8 Å². The number of nitrogens with one attached hydrogen (secondary N) is 1. The molecule has 1 aliphatic rings. The van der Waals surface area contributed by atoms with Gasteiger partial charge in [0, 0.05) is 22.6 Å². The maximum atomic E-state index is 13.4. The molecule has 0 radical (unpaired) electrons. The van der Waals surface area contributed by atoms with E-state index >= 15 is 0 Å². The van der Waals surface area contributed by atoms with Crippen LogP contribution in [0.1, 0.15) is 30.1 Å². The Kier molecular flexibility index (Phi) is 4.93. The topological polar surface area (TPSA) is 32.3 Å². The Bertz CT molecular complexity index is 441. The number of carbonyl (C=O) groups is 1. The molecule has 5 heteroatoms. The summed E-state index contributed by atoms with van der Waals surface area (Å²) in [6.07, 6.45) is 1.91. The van der Waals surface area contributed by atoms with Gasteiger partial charge in [-0.1, -0.05) is 15.9 Å². The molecule has 0 atom stereocenters. The Morgan fingerprint density at radius 1 is 1.42 bits per heavy atom. The molecule has 3 nitrogen and oxygen atoms in total. The molecule has 19 heavy (non-hydrogen) atoms. The van der Waals surface area contributed by atoms with Crippen molar-refractivity contribution in [2.24, 2.45) is 0 Å². The highest BCUT2D eigenvalue weighted by atomic mass is 79.9. The summed E-state index contributed by atoms with van der Waals surface area (Å²) in [5.41, 5.74) is 0.409. The van der Waals surface area contributed by atoms with Gasteiger partial charge < -0.3 is 10.2 Å². The van der Waals surface area contributed by atoms with E-state index in [1.807, 2.05) is 11.8 Å². The number of carbonyl (C=O) groups excluding carboxylic acids is 1. The van der Waals surface area contributed by atoms with Gasteiger partial charge >= 0.3 is 0 Å². The minimum absolute atomic E-state index is 0.0883. The molecule has 1 aromatic rings. The second-order valence-electron chi connectivity index (χ2n) is 4.73. The Morgan fingerprint density at radius 3 is 2.68 bits per heavy atom. The lowest BCUT2D eigenvalue weighted by Gasteiger charge is -2.34. The van der Waals surface area contributed by atoms with Crippen LogP contribution < -0.4 is 5.32 Å². The minimum Gasteiger partial charge on any atom is -0.336 e. The van der Waals surface area contributed by atoms with Crippen LogP contribution in [-0.4, -0.2) is 36.5 Å². The van der Waals surface area contributed by atoms with Crippen molar-refractivity contribution in [1.82, 2.24) is 10.2 Å². The quantitative estimate of drug-likeness (QED) is 0.925. The molecule has 2 rings (SSSR count). The van der Waals surface area contributed by atoms with Crippen molar-refractivity contribution >= 4 is 21.8 Å². The molecule has 1 heterocycles. The molecule has 1 N–H and O–H groups in total. The minimum atomic E-state index is -0.390. The largest absolute Gasteiger partial charge is 0.336 e. The summed E-state index contributed by atoms with van der Waals surface area (Å²) in [6, 6.07) is 4.59. The molecule has 104 valence electrons. The zero-order chi connectivity index (χ0) is 13.8. The first-order chi connectivity index (χ1) is 9.11. The Morgan fingerprint density at radius 2 is 2.11 bits per heavy atom. The van der Waals surface area contributed by atoms with Crippen LogP contribution >= 0.6 is 15.9 Å². The van der Waals surface area contributed by atoms with E-state index in [1.165, 1.54) is 12.1 Å². The standard InChI is InChI=1S/C14H18BrFN2O/c1-2-18(13-3-5-17-6-4-13)14(19)10-7-11(15)9-12(16)8-10/h7-9,13,17H,2-6H2,1H3. The van der Waals surface area contributed by atoms with Gasteiger partial charge in [0.1, 0.15) is 5.82 Å². The molecule has 1 aliphatic heterocycles. The van der Waals surface area contributed by atoms with Gasteiger partial charge in [-0.05, 0) is 51.1 Å². The summed E-state index contributed by atoms with van der Waals surface area (Å²) in [7, 11) is 0. The molecule has 0 unspecified atom stereocenters. The van der Waals surface area contributed by atoms with E-state index in [0.717, 1.165) is 25.9 Å². The summed E-state index contributed by atoms with van der Waals surface area (Å²) in [6.45, 7) is 4.48. The Hall–Kier alpha value is -0.940. The molecule has 0 spiro atoms. The SMILES string of the molecule is CCN(C(=O)c1cc(F)cc(Br)c1)C1CCNCC1. The van der Waals surface area contributed by atoms with Gasteiger partial charge in [0.05, 0.1) is 0 Å². The second-order valence-corrected chi connectivity index (χ2v) is 5.65. The first-order valence-corrected chi connectivity index (χ1v) is 7.39. The van der Waals surface area contributed by atoms with Gasteiger partial charge in [0.2, 0.25) is 0 Å². The van der Waals surface area contributed by atoms with Gasteiger partial charge in [0.15, 0.2) is 0 Å². The third-order valence-electron chi connectivity index (χ3n) is 3.46. The maximum absolute atomic E-state index is 13.4. The average Bonchev–Trinajstić information content (AvgIpc) is 2.39. The number of piperidine rings is 1. The highest BCUT2D eigenvalue weighted by Crippen LogP contribution is 2.19. The molecule has 0 bridgehead atoms. The number of hydrogen-bond donors (Lipinski definition) is 1. The van der Waals surface area contributed by atoms with Gasteiger partial charge in [-0.15, -0.1) is 0 Å². The zero-order valence-electron chi connectivity index (χ0n) is 11.0. The van der Waals surface area contributed by atoms with Crippen LogP contribution in [0.25, 0.3) is 0 Å². The van der Waals surface area contributed by atoms with Crippen LogP contribution in [0.5, 0.6) is 0 Å². The molecule has 1 fully saturated rings. The number of amides is 1. The van der Waals surface area contributed by atoms with Gasteiger partial charge in [0.25, 0.3) is 5.91 Å². The van der Waals surface area contributed by atoms with Crippen molar-refractivity contribution in [1.29, 1.82) is 0 Å². The smallest absolute Gasteiger partial charge is 0.254 e. The lowest BCUT2D eigenvalue weighted by molar-refractivity contribution is 0.0655. The second kappa shape index (κ2) is 6.48. The predicted molar refractivity (Wildman–Crippen MR) is 76.7 cm³/mol. The van der Waals surface area contributed by atoms with Crippen LogP contribution in [0.2, 0.25) is 0 Å². The van der Waals surface area contributed by atoms with E-state index in [0.29, 0.717) is 16.6 Å². The lowest BCUT2D eigenvalue weighted by Crippen LogP contribution is -2.46. The summed E-state index contributed by atoms with van der Waals surface area (Å²) in [5.74, 6) is -0.478. The lowest BCUT2D eigenvalue weighted by atomic mass is 10.0. The summed E-state index contributed by atoms with van der Waals surface area (Å²) in [4.78, 5) is 14.3. The Balaban J connectivity index is 2.19. The summed E-state index contributed by atoms with van der Waals surface area (Å²) >= 11 is 3.23. The molecule has 0 saturated carbocycles. The highest BCUT2D eigenvalue weighted by molar-refractivity contribution is 9.10. The van der Waals surface area contributed by atoms with E-state index in [1.54, 1.807) is 6.07 Å². The molecular formula is C14H18BrFN2O. The van der Waals surface area contributed by atoms with E-state index in [4.69, 9.17) is 0 Å². The number of nitrogens with zero attached hydrogens (tertiary/aromatic N) is 1. The molecular weight excluding hydrogens is 311 g/mol. The van der Waals surface area contributed by atoms with Crippen LogP contribution in [0.3, 0.4) is 0 Å².